The number of hydrogen-bond donors (Lipinski definition) is 1. The summed E-state index contributed by atoms with van der Waals surface area (Å²) in [6, 6.07) is 22.2. The Labute approximate surface area is 241 Å². The molecule has 1 aromatic heterocycles. The Morgan fingerprint density at radius 1 is 0.951 bits per heavy atom. The molecular formula is C34H38N4O3. The van der Waals surface area contributed by atoms with Gasteiger partial charge in [0.25, 0.3) is 0 Å². The first-order valence-electron chi connectivity index (χ1n) is 14.4. The molecule has 41 heavy (non-hydrogen) atoms. The molecule has 4 aromatic rings. The third kappa shape index (κ3) is 6.24. The summed E-state index contributed by atoms with van der Waals surface area (Å²) in [5.74, 6) is -0.659. The molecule has 0 saturated carbocycles. The molecule has 212 valence electrons. The minimum atomic E-state index is -0.798. The lowest BCUT2D eigenvalue weighted by Gasteiger charge is -2.36. The molecule has 0 bridgehead atoms. The van der Waals surface area contributed by atoms with Crippen molar-refractivity contribution in [1.29, 1.82) is 0 Å². The van der Waals surface area contributed by atoms with Crippen molar-refractivity contribution in [2.75, 3.05) is 6.54 Å². The van der Waals surface area contributed by atoms with E-state index in [1.54, 1.807) is 16.0 Å². The third-order valence-electron chi connectivity index (χ3n) is 8.12. The molecule has 0 radical (unpaired) electrons. The number of carbonyl (C=O) groups is 3. The highest BCUT2D eigenvalue weighted by atomic mass is 16.2. The maximum atomic E-state index is 14.2. The molecular weight excluding hydrogens is 512 g/mol. The Morgan fingerprint density at radius 2 is 1.66 bits per heavy atom. The van der Waals surface area contributed by atoms with Crippen molar-refractivity contribution in [3.05, 3.63) is 90.1 Å². The van der Waals surface area contributed by atoms with Gasteiger partial charge in [-0.15, -0.1) is 0 Å². The number of rotatable bonds is 8. The van der Waals surface area contributed by atoms with Gasteiger partial charge in [-0.1, -0.05) is 68.4 Å². The zero-order valence-corrected chi connectivity index (χ0v) is 24.0. The number of aromatic nitrogens is 1. The largest absolute Gasteiger partial charge is 0.368 e. The van der Waals surface area contributed by atoms with Crippen LogP contribution in [-0.4, -0.2) is 57.2 Å². The summed E-state index contributed by atoms with van der Waals surface area (Å²) >= 11 is 0. The number of nitrogens with zero attached hydrogens (tertiary/aromatic N) is 3. The quantitative estimate of drug-likeness (QED) is 0.338. The molecule has 1 saturated heterocycles. The van der Waals surface area contributed by atoms with Crippen LogP contribution in [0.25, 0.3) is 21.7 Å². The molecule has 3 atom stereocenters. The Hall–Kier alpha value is -4.26. The molecule has 0 spiro atoms. The standard InChI is InChI=1S/C34H38N4O3/c1-22(2)17-31-34(41)37(30(33(35)40)20-24-10-12-26-7-4-5-8-27(26)18-24)16-14-23(3)38(31)32(39)21-25-11-13-29-28(19-25)9-6-15-36-29/h4-13,15,18-19,22-23,30-31H,14,16-17,20-21H2,1-3H3,(H2,35,40)/t23-,30-,31-/m0/s1. The van der Waals surface area contributed by atoms with Crippen LogP contribution in [0.5, 0.6) is 0 Å². The highest BCUT2D eigenvalue weighted by molar-refractivity contribution is 5.93. The van der Waals surface area contributed by atoms with E-state index in [4.69, 9.17) is 5.73 Å². The van der Waals surface area contributed by atoms with Crippen LogP contribution in [-0.2, 0) is 27.2 Å². The van der Waals surface area contributed by atoms with Crippen LogP contribution in [0.1, 0.15) is 44.7 Å². The van der Waals surface area contributed by atoms with Gasteiger partial charge < -0.3 is 15.5 Å². The lowest BCUT2D eigenvalue weighted by Crippen LogP contribution is -2.56. The second kappa shape index (κ2) is 12.1. The van der Waals surface area contributed by atoms with E-state index < -0.39 is 18.0 Å². The first-order chi connectivity index (χ1) is 19.7. The highest BCUT2D eigenvalue weighted by Crippen LogP contribution is 2.27. The van der Waals surface area contributed by atoms with Crippen molar-refractivity contribution < 1.29 is 14.4 Å². The molecule has 1 fully saturated rings. The number of carbonyl (C=O) groups excluding carboxylic acids is 3. The Balaban J connectivity index is 1.42. The fourth-order valence-corrected chi connectivity index (χ4v) is 6.04. The summed E-state index contributed by atoms with van der Waals surface area (Å²) in [4.78, 5) is 48.7. The monoisotopic (exact) mass is 550 g/mol. The lowest BCUT2D eigenvalue weighted by molar-refractivity contribution is -0.148. The number of fused-ring (bicyclic) bond motifs is 2. The van der Waals surface area contributed by atoms with E-state index in [-0.39, 0.29) is 30.2 Å². The summed E-state index contributed by atoms with van der Waals surface area (Å²) < 4.78 is 0. The summed E-state index contributed by atoms with van der Waals surface area (Å²) in [5.41, 5.74) is 8.64. The average Bonchev–Trinajstić information content (AvgIpc) is 3.06. The SMILES string of the molecule is CC(C)C[C@H]1C(=O)N([C@@H](Cc2ccc3ccccc3c2)C(N)=O)CC[C@H](C)N1C(=O)Cc1ccc2ncccc2c1. The number of primary amides is 1. The maximum absolute atomic E-state index is 14.2. The van der Waals surface area contributed by atoms with Crippen molar-refractivity contribution in [3.63, 3.8) is 0 Å². The molecule has 0 aliphatic carbocycles. The van der Waals surface area contributed by atoms with Gasteiger partial charge in [-0.05, 0) is 65.8 Å². The van der Waals surface area contributed by atoms with Crippen molar-refractivity contribution in [1.82, 2.24) is 14.8 Å². The number of hydrogen-bond acceptors (Lipinski definition) is 4. The van der Waals surface area contributed by atoms with E-state index in [1.165, 1.54) is 0 Å². The van der Waals surface area contributed by atoms with Gasteiger partial charge in [-0.3, -0.25) is 19.4 Å². The van der Waals surface area contributed by atoms with Crippen molar-refractivity contribution in [2.24, 2.45) is 11.7 Å². The van der Waals surface area contributed by atoms with Gasteiger partial charge in [0.2, 0.25) is 17.7 Å². The minimum Gasteiger partial charge on any atom is -0.368 e. The van der Waals surface area contributed by atoms with E-state index in [1.807, 2.05) is 87.5 Å². The second-order valence-electron chi connectivity index (χ2n) is 11.6. The van der Waals surface area contributed by atoms with Crippen LogP contribution in [0.15, 0.2) is 79.0 Å². The molecule has 7 heteroatoms. The summed E-state index contributed by atoms with van der Waals surface area (Å²) in [5, 5.41) is 3.16. The van der Waals surface area contributed by atoms with Crippen LogP contribution in [0.3, 0.4) is 0 Å². The molecule has 1 aliphatic rings. The Kier molecular flexibility index (Phi) is 8.34. The fraction of sp³-hybridized carbons (Fsp3) is 0.353. The molecule has 3 aromatic carbocycles. The van der Waals surface area contributed by atoms with Gasteiger partial charge >= 0.3 is 0 Å². The first-order valence-corrected chi connectivity index (χ1v) is 14.4. The van der Waals surface area contributed by atoms with E-state index in [9.17, 15) is 14.4 Å². The third-order valence-corrected chi connectivity index (χ3v) is 8.12. The highest BCUT2D eigenvalue weighted by Gasteiger charge is 2.42. The van der Waals surface area contributed by atoms with Gasteiger partial charge in [0.1, 0.15) is 12.1 Å². The van der Waals surface area contributed by atoms with Crippen molar-refractivity contribution in [2.45, 2.75) is 64.6 Å². The molecule has 2 heterocycles. The van der Waals surface area contributed by atoms with Crippen LogP contribution >= 0.6 is 0 Å². The zero-order chi connectivity index (χ0) is 29.1. The summed E-state index contributed by atoms with van der Waals surface area (Å²) in [6.45, 7) is 6.45. The zero-order valence-electron chi connectivity index (χ0n) is 24.0. The lowest BCUT2D eigenvalue weighted by atomic mass is 9.97. The smallest absolute Gasteiger partial charge is 0.246 e. The first kappa shape index (κ1) is 28.3. The van der Waals surface area contributed by atoms with E-state index >= 15 is 0 Å². The normalized spacial score (nSPS) is 18.6. The van der Waals surface area contributed by atoms with Gasteiger partial charge in [0.05, 0.1) is 11.9 Å². The number of nitrogens with two attached hydrogens (primary N) is 1. The van der Waals surface area contributed by atoms with Crippen molar-refractivity contribution >= 4 is 39.4 Å². The predicted octanol–water partition coefficient (Wildman–Crippen LogP) is 4.89. The van der Waals surface area contributed by atoms with Gasteiger partial charge in [-0.25, -0.2) is 0 Å². The van der Waals surface area contributed by atoms with Crippen molar-refractivity contribution in [3.8, 4) is 0 Å². The molecule has 0 unspecified atom stereocenters. The summed E-state index contributed by atoms with van der Waals surface area (Å²) in [7, 11) is 0. The molecule has 7 nitrogen and oxygen atoms in total. The fourth-order valence-electron chi connectivity index (χ4n) is 6.04. The van der Waals surface area contributed by atoms with E-state index in [0.717, 1.165) is 32.8 Å². The maximum Gasteiger partial charge on any atom is 0.246 e. The predicted molar refractivity (Wildman–Crippen MR) is 162 cm³/mol. The molecule has 1 aliphatic heterocycles. The molecule has 2 N–H and O–H groups in total. The topological polar surface area (TPSA) is 96.6 Å². The minimum absolute atomic E-state index is 0.0910. The van der Waals surface area contributed by atoms with Crippen LogP contribution in [0.2, 0.25) is 0 Å². The van der Waals surface area contributed by atoms with E-state index in [2.05, 4.69) is 11.1 Å². The average molecular weight is 551 g/mol. The number of pyridine rings is 1. The molecule has 5 rings (SSSR count). The van der Waals surface area contributed by atoms with Gasteiger partial charge in [-0.2, -0.15) is 0 Å². The second-order valence-corrected chi connectivity index (χ2v) is 11.6. The Bertz CT molecular complexity index is 1580. The summed E-state index contributed by atoms with van der Waals surface area (Å²) in [6.07, 6.45) is 3.34. The van der Waals surface area contributed by atoms with E-state index in [0.29, 0.717) is 25.8 Å². The van der Waals surface area contributed by atoms with Gasteiger partial charge in [0, 0.05) is 30.6 Å². The van der Waals surface area contributed by atoms with Gasteiger partial charge in [0.15, 0.2) is 0 Å². The van der Waals surface area contributed by atoms with Crippen LogP contribution in [0, 0.1) is 5.92 Å². The Morgan fingerprint density at radius 3 is 2.41 bits per heavy atom. The molecule has 3 amide bonds. The number of amides is 3. The number of benzene rings is 3. The van der Waals surface area contributed by atoms with Crippen LogP contribution < -0.4 is 5.73 Å². The van der Waals surface area contributed by atoms with Crippen LogP contribution in [0.4, 0.5) is 0 Å².